The molecule has 2 N–H and O–H groups in total. The highest BCUT2D eigenvalue weighted by Crippen LogP contribution is 2.56. The fraction of sp³-hybridized carbons (Fsp3) is 0.600. The van der Waals surface area contributed by atoms with Crippen molar-refractivity contribution >= 4 is 11.9 Å². The van der Waals surface area contributed by atoms with Crippen LogP contribution in [0.4, 0.5) is 0 Å². The first-order valence-corrected chi connectivity index (χ1v) is 4.61. The summed E-state index contributed by atoms with van der Waals surface area (Å²) < 4.78 is 0. The molecular formula is C10H12O4. The summed E-state index contributed by atoms with van der Waals surface area (Å²) in [7, 11) is 0. The number of carboxylic acid groups (broad SMARTS) is 2. The van der Waals surface area contributed by atoms with E-state index in [2.05, 4.69) is 0 Å². The van der Waals surface area contributed by atoms with Gasteiger partial charge in [0.1, 0.15) is 0 Å². The van der Waals surface area contributed by atoms with E-state index < -0.39 is 29.2 Å². The van der Waals surface area contributed by atoms with E-state index in [-0.39, 0.29) is 5.92 Å². The van der Waals surface area contributed by atoms with E-state index in [1.807, 2.05) is 19.1 Å². The van der Waals surface area contributed by atoms with Crippen LogP contribution in [0.3, 0.4) is 0 Å². The fourth-order valence-corrected chi connectivity index (χ4v) is 2.88. The van der Waals surface area contributed by atoms with Gasteiger partial charge in [-0.25, -0.2) is 0 Å². The van der Waals surface area contributed by atoms with Crippen molar-refractivity contribution in [2.45, 2.75) is 13.3 Å². The van der Waals surface area contributed by atoms with Gasteiger partial charge in [0.25, 0.3) is 0 Å². The summed E-state index contributed by atoms with van der Waals surface area (Å²) in [4.78, 5) is 22.0. The maximum atomic E-state index is 11.0. The highest BCUT2D eigenvalue weighted by molar-refractivity contribution is 5.83. The Bertz CT molecular complexity index is 333. The number of allylic oxidation sites excluding steroid dienone is 2. The van der Waals surface area contributed by atoms with Crippen molar-refractivity contribution in [1.29, 1.82) is 0 Å². The van der Waals surface area contributed by atoms with E-state index in [0.29, 0.717) is 6.42 Å². The van der Waals surface area contributed by atoms with Gasteiger partial charge in [-0.05, 0) is 12.3 Å². The number of aliphatic carboxylic acids is 2. The van der Waals surface area contributed by atoms with Gasteiger partial charge in [-0.3, -0.25) is 9.59 Å². The van der Waals surface area contributed by atoms with Gasteiger partial charge in [-0.2, -0.15) is 0 Å². The molecule has 1 fully saturated rings. The quantitative estimate of drug-likeness (QED) is 0.646. The third-order valence-electron chi connectivity index (χ3n) is 3.48. The van der Waals surface area contributed by atoms with Crippen molar-refractivity contribution in [3.05, 3.63) is 12.2 Å². The van der Waals surface area contributed by atoms with Crippen molar-refractivity contribution in [3.63, 3.8) is 0 Å². The molecular weight excluding hydrogens is 184 g/mol. The summed E-state index contributed by atoms with van der Waals surface area (Å²) in [5, 5.41) is 18.0. The topological polar surface area (TPSA) is 74.6 Å². The Balaban J connectivity index is 2.41. The molecule has 0 heterocycles. The first-order valence-electron chi connectivity index (χ1n) is 4.61. The molecule has 0 aromatic carbocycles. The van der Waals surface area contributed by atoms with Crippen LogP contribution in [0, 0.1) is 23.2 Å². The smallest absolute Gasteiger partial charge is 0.308 e. The van der Waals surface area contributed by atoms with Crippen molar-refractivity contribution in [2.24, 2.45) is 23.2 Å². The fourth-order valence-electron chi connectivity index (χ4n) is 2.88. The molecule has 0 spiro atoms. The maximum Gasteiger partial charge on any atom is 0.308 e. The zero-order valence-electron chi connectivity index (χ0n) is 7.80. The van der Waals surface area contributed by atoms with Gasteiger partial charge >= 0.3 is 11.9 Å². The summed E-state index contributed by atoms with van der Waals surface area (Å²) in [5.74, 6) is -3.60. The van der Waals surface area contributed by atoms with Crippen LogP contribution in [0.2, 0.25) is 0 Å². The molecule has 0 aromatic heterocycles. The lowest BCUT2D eigenvalue weighted by Gasteiger charge is -2.27. The highest BCUT2D eigenvalue weighted by Gasteiger charge is 2.58. The number of hydrogen-bond donors (Lipinski definition) is 2. The predicted octanol–water partition coefficient (Wildman–Crippen LogP) is 0.984. The number of rotatable bonds is 2. The average molecular weight is 196 g/mol. The summed E-state index contributed by atoms with van der Waals surface area (Å²) >= 11 is 0. The first-order chi connectivity index (χ1) is 6.46. The second-order valence-electron chi connectivity index (χ2n) is 4.41. The van der Waals surface area contributed by atoms with Crippen molar-refractivity contribution in [3.8, 4) is 0 Å². The number of carboxylic acids is 2. The van der Waals surface area contributed by atoms with Gasteiger partial charge in [-0.1, -0.05) is 19.1 Å². The van der Waals surface area contributed by atoms with Crippen LogP contribution in [0.5, 0.6) is 0 Å². The van der Waals surface area contributed by atoms with E-state index in [9.17, 15) is 9.59 Å². The molecule has 4 heteroatoms. The molecule has 4 nitrogen and oxygen atoms in total. The molecule has 0 saturated heterocycles. The lowest BCUT2D eigenvalue weighted by molar-refractivity contribution is -0.155. The Labute approximate surface area is 81.2 Å². The van der Waals surface area contributed by atoms with Gasteiger partial charge in [0, 0.05) is 5.41 Å². The number of fused-ring (bicyclic) bond motifs is 2. The van der Waals surface area contributed by atoms with Crippen LogP contribution >= 0.6 is 0 Å². The van der Waals surface area contributed by atoms with E-state index in [4.69, 9.17) is 10.2 Å². The molecule has 4 atom stereocenters. The average Bonchev–Trinajstić information content (AvgIpc) is 2.55. The number of hydrogen-bond acceptors (Lipinski definition) is 2. The molecule has 0 unspecified atom stereocenters. The van der Waals surface area contributed by atoms with Crippen LogP contribution in [0.25, 0.3) is 0 Å². The molecule has 0 amide bonds. The summed E-state index contributed by atoms with van der Waals surface area (Å²) in [6.45, 7) is 1.82. The Morgan fingerprint density at radius 1 is 1.36 bits per heavy atom. The van der Waals surface area contributed by atoms with Crippen molar-refractivity contribution in [1.82, 2.24) is 0 Å². The van der Waals surface area contributed by atoms with Crippen LogP contribution in [0.15, 0.2) is 12.2 Å². The largest absolute Gasteiger partial charge is 0.481 e. The Morgan fingerprint density at radius 2 is 2.00 bits per heavy atom. The number of carbonyl (C=O) groups is 2. The summed E-state index contributed by atoms with van der Waals surface area (Å²) in [6.07, 6.45) is 4.36. The minimum absolute atomic E-state index is 0.0985. The third kappa shape index (κ3) is 0.997. The summed E-state index contributed by atoms with van der Waals surface area (Å²) in [6, 6.07) is 0. The van der Waals surface area contributed by atoms with E-state index in [1.54, 1.807) is 0 Å². The van der Waals surface area contributed by atoms with Crippen molar-refractivity contribution in [2.75, 3.05) is 0 Å². The lowest BCUT2D eigenvalue weighted by Crippen LogP contribution is -2.36. The van der Waals surface area contributed by atoms with Gasteiger partial charge < -0.3 is 10.2 Å². The molecule has 1 saturated carbocycles. The van der Waals surface area contributed by atoms with Gasteiger partial charge in [0.15, 0.2) is 0 Å². The molecule has 2 aliphatic rings. The molecule has 0 aliphatic heterocycles. The summed E-state index contributed by atoms with van der Waals surface area (Å²) in [5.41, 5.74) is -0.459. The van der Waals surface area contributed by atoms with E-state index >= 15 is 0 Å². The van der Waals surface area contributed by atoms with Crippen molar-refractivity contribution < 1.29 is 19.8 Å². The van der Waals surface area contributed by atoms with Crippen LogP contribution in [-0.2, 0) is 9.59 Å². The highest BCUT2D eigenvalue weighted by atomic mass is 16.4. The SMILES string of the molecule is C[C@@]12C=C[C@H](C1)[C@@H](C(=O)O)[C@@H]2C(=O)O. The molecule has 0 radical (unpaired) electrons. The van der Waals surface area contributed by atoms with Gasteiger partial charge in [-0.15, -0.1) is 0 Å². The molecule has 76 valence electrons. The molecule has 2 aliphatic carbocycles. The van der Waals surface area contributed by atoms with Crippen LogP contribution in [-0.4, -0.2) is 22.2 Å². The Kier molecular flexibility index (Phi) is 1.71. The predicted molar refractivity (Wildman–Crippen MR) is 47.6 cm³/mol. The molecule has 14 heavy (non-hydrogen) atoms. The van der Waals surface area contributed by atoms with E-state index in [0.717, 1.165) is 0 Å². The molecule has 0 aromatic rings. The maximum absolute atomic E-state index is 11.0. The minimum Gasteiger partial charge on any atom is -0.481 e. The minimum atomic E-state index is -0.994. The second kappa shape index (κ2) is 2.59. The molecule has 2 bridgehead atoms. The Hall–Kier alpha value is -1.32. The zero-order valence-corrected chi connectivity index (χ0v) is 7.80. The zero-order chi connectivity index (χ0) is 10.5. The van der Waals surface area contributed by atoms with Gasteiger partial charge in [0.05, 0.1) is 11.8 Å². The monoisotopic (exact) mass is 196 g/mol. The van der Waals surface area contributed by atoms with Crippen LogP contribution < -0.4 is 0 Å². The normalized spacial score (nSPS) is 44.2. The van der Waals surface area contributed by atoms with Crippen LogP contribution in [0.1, 0.15) is 13.3 Å². The van der Waals surface area contributed by atoms with E-state index in [1.165, 1.54) is 0 Å². The Morgan fingerprint density at radius 3 is 2.43 bits per heavy atom. The van der Waals surface area contributed by atoms with Gasteiger partial charge in [0.2, 0.25) is 0 Å². The first kappa shape index (κ1) is 9.24. The lowest BCUT2D eigenvalue weighted by atomic mass is 9.75. The standard InChI is InChI=1S/C10H12O4/c1-10-3-2-5(4-10)6(8(11)12)7(10)9(13)14/h2-3,5-7H,4H2,1H3,(H,11,12)(H,13,14)/t5-,6-,7-,10-/m1/s1. The third-order valence-corrected chi connectivity index (χ3v) is 3.48. The molecule has 2 rings (SSSR count). The second-order valence-corrected chi connectivity index (χ2v) is 4.41.